The van der Waals surface area contributed by atoms with Crippen LogP contribution >= 0.6 is 0 Å². The van der Waals surface area contributed by atoms with Crippen molar-refractivity contribution < 1.29 is 4.79 Å². The molecule has 3 rings (SSSR count). The largest absolute Gasteiger partial charge is 0.342 e. The third-order valence-corrected chi connectivity index (χ3v) is 5.94. The highest BCUT2D eigenvalue weighted by atomic mass is 16.2. The van der Waals surface area contributed by atoms with Gasteiger partial charge in [0, 0.05) is 25.6 Å². The second kappa shape index (κ2) is 10.1. The molecule has 5 heteroatoms. The molecule has 1 aliphatic heterocycles. The number of hydrogen-bond acceptors (Lipinski definition) is 3. The summed E-state index contributed by atoms with van der Waals surface area (Å²) in [6.07, 6.45) is 5.23. The molecule has 0 bridgehead atoms. The van der Waals surface area contributed by atoms with Gasteiger partial charge in [-0.25, -0.2) is 4.98 Å². The Hall–Kier alpha value is -1.88. The number of amides is 1. The average Bonchev–Trinajstić information content (AvgIpc) is 3.08. The van der Waals surface area contributed by atoms with Gasteiger partial charge in [-0.2, -0.15) is 0 Å². The van der Waals surface area contributed by atoms with Crippen LogP contribution in [0.2, 0.25) is 0 Å². The molecule has 2 aromatic rings. The van der Waals surface area contributed by atoms with Crippen LogP contribution in [0.4, 0.5) is 0 Å². The summed E-state index contributed by atoms with van der Waals surface area (Å²) >= 11 is 0. The Morgan fingerprint density at radius 1 is 1.11 bits per heavy atom. The Labute approximate surface area is 169 Å². The average molecular weight is 385 g/mol. The third-order valence-electron chi connectivity index (χ3n) is 5.94. The van der Waals surface area contributed by atoms with Gasteiger partial charge in [0.25, 0.3) is 0 Å². The maximum atomic E-state index is 13.0. The predicted octanol–water partition coefficient (Wildman–Crippen LogP) is 4.31. The molecule has 5 nitrogen and oxygen atoms in total. The molecule has 1 aromatic heterocycles. The van der Waals surface area contributed by atoms with Crippen LogP contribution in [0, 0.1) is 5.92 Å². The number of hydrogen-bond donors (Lipinski definition) is 0. The minimum absolute atomic E-state index is 0.199. The van der Waals surface area contributed by atoms with Gasteiger partial charge in [-0.1, -0.05) is 32.4 Å². The third kappa shape index (κ3) is 4.75. The first-order valence-corrected chi connectivity index (χ1v) is 11.1. The number of carbonyl (C=O) groups is 1. The summed E-state index contributed by atoms with van der Waals surface area (Å²) in [6, 6.07) is 8.38. The van der Waals surface area contributed by atoms with Gasteiger partial charge in [0.2, 0.25) is 5.91 Å². The van der Waals surface area contributed by atoms with Crippen LogP contribution in [0.5, 0.6) is 0 Å². The second-order valence-electron chi connectivity index (χ2n) is 7.99. The van der Waals surface area contributed by atoms with E-state index in [4.69, 9.17) is 4.98 Å². The monoisotopic (exact) mass is 384 g/mol. The summed E-state index contributed by atoms with van der Waals surface area (Å²) in [5.41, 5.74) is 2.30. The molecular weight excluding hydrogens is 348 g/mol. The number of piperidine rings is 1. The van der Waals surface area contributed by atoms with Crippen molar-refractivity contribution in [2.24, 2.45) is 5.92 Å². The predicted molar refractivity (Wildman–Crippen MR) is 115 cm³/mol. The molecule has 2 heterocycles. The summed E-state index contributed by atoms with van der Waals surface area (Å²) < 4.78 is 2.32. The van der Waals surface area contributed by atoms with Gasteiger partial charge in [-0.15, -0.1) is 0 Å². The molecule has 0 N–H and O–H groups in total. The van der Waals surface area contributed by atoms with Crippen LogP contribution in [0.1, 0.15) is 58.7 Å². The first-order valence-electron chi connectivity index (χ1n) is 11.1. The van der Waals surface area contributed by atoms with E-state index >= 15 is 0 Å². The lowest BCUT2D eigenvalue weighted by Gasteiger charge is -2.34. The van der Waals surface area contributed by atoms with Crippen LogP contribution in [0.15, 0.2) is 24.3 Å². The maximum Gasteiger partial charge on any atom is 0.225 e. The molecule has 0 saturated carbocycles. The van der Waals surface area contributed by atoms with E-state index in [-0.39, 0.29) is 5.92 Å². The van der Waals surface area contributed by atoms with Crippen molar-refractivity contribution in [3.63, 3.8) is 0 Å². The summed E-state index contributed by atoms with van der Waals surface area (Å²) in [6.45, 7) is 12.1. The quantitative estimate of drug-likeness (QED) is 0.647. The van der Waals surface area contributed by atoms with Gasteiger partial charge in [0.05, 0.1) is 17.6 Å². The van der Waals surface area contributed by atoms with E-state index in [1.807, 2.05) is 0 Å². The van der Waals surface area contributed by atoms with Gasteiger partial charge in [-0.05, 0) is 57.8 Å². The van der Waals surface area contributed by atoms with Crippen LogP contribution in [0.25, 0.3) is 11.0 Å². The first-order chi connectivity index (χ1) is 13.7. The van der Waals surface area contributed by atoms with Crippen molar-refractivity contribution in [1.29, 1.82) is 0 Å². The molecule has 0 aliphatic carbocycles. The van der Waals surface area contributed by atoms with Crippen molar-refractivity contribution in [2.45, 2.75) is 66.0 Å². The first kappa shape index (κ1) is 20.8. The van der Waals surface area contributed by atoms with Gasteiger partial charge in [0.15, 0.2) is 0 Å². The van der Waals surface area contributed by atoms with Crippen LogP contribution < -0.4 is 0 Å². The Morgan fingerprint density at radius 3 is 2.54 bits per heavy atom. The molecule has 28 heavy (non-hydrogen) atoms. The molecule has 1 fully saturated rings. The molecule has 154 valence electrons. The standard InChI is InChI=1S/C23H36N4O/c1-4-7-15-26(14-5-2)23(28)19-12-16-25(17-13-19)18-22-24-20-10-8-9-11-21(20)27(22)6-3/h8-11,19H,4-7,12-18H2,1-3H3. The lowest BCUT2D eigenvalue weighted by Crippen LogP contribution is -2.43. The normalized spacial score (nSPS) is 16.0. The van der Waals surface area contributed by atoms with Crippen LogP contribution in [0.3, 0.4) is 0 Å². The summed E-state index contributed by atoms with van der Waals surface area (Å²) in [7, 11) is 0. The summed E-state index contributed by atoms with van der Waals surface area (Å²) in [5, 5.41) is 0. The van der Waals surface area contributed by atoms with E-state index in [1.54, 1.807) is 0 Å². The van der Waals surface area contributed by atoms with Crippen LogP contribution in [-0.2, 0) is 17.9 Å². The SMILES string of the molecule is CCCCN(CCC)C(=O)C1CCN(Cc2nc3ccccc3n2CC)CC1. The number of para-hydroxylation sites is 2. The molecule has 1 aromatic carbocycles. The Kier molecular flexibility index (Phi) is 7.49. The van der Waals surface area contributed by atoms with E-state index < -0.39 is 0 Å². The van der Waals surface area contributed by atoms with E-state index in [0.29, 0.717) is 5.91 Å². The van der Waals surface area contributed by atoms with Crippen molar-refractivity contribution in [3.8, 4) is 0 Å². The second-order valence-corrected chi connectivity index (χ2v) is 7.99. The topological polar surface area (TPSA) is 41.4 Å². The lowest BCUT2D eigenvalue weighted by atomic mass is 9.95. The molecule has 1 amide bonds. The van der Waals surface area contributed by atoms with Crippen molar-refractivity contribution in [1.82, 2.24) is 19.4 Å². The minimum Gasteiger partial charge on any atom is -0.342 e. The van der Waals surface area contributed by atoms with Crippen molar-refractivity contribution in [2.75, 3.05) is 26.2 Å². The van der Waals surface area contributed by atoms with Crippen LogP contribution in [-0.4, -0.2) is 51.4 Å². The zero-order valence-electron chi connectivity index (χ0n) is 17.9. The van der Waals surface area contributed by atoms with Gasteiger partial charge in [0.1, 0.15) is 5.82 Å². The fraction of sp³-hybridized carbons (Fsp3) is 0.652. The minimum atomic E-state index is 0.199. The number of likely N-dealkylation sites (tertiary alicyclic amines) is 1. The summed E-state index contributed by atoms with van der Waals surface area (Å²) in [5.74, 6) is 1.73. The zero-order valence-corrected chi connectivity index (χ0v) is 17.9. The number of nitrogens with zero attached hydrogens (tertiary/aromatic N) is 4. The van der Waals surface area contributed by atoms with E-state index in [9.17, 15) is 4.79 Å². The highest BCUT2D eigenvalue weighted by Gasteiger charge is 2.28. The number of unbranched alkanes of at least 4 members (excludes halogenated alkanes) is 1. The fourth-order valence-electron chi connectivity index (χ4n) is 4.35. The van der Waals surface area contributed by atoms with Crippen molar-refractivity contribution >= 4 is 16.9 Å². The number of carbonyl (C=O) groups excluding carboxylic acids is 1. The zero-order chi connectivity index (χ0) is 19.9. The Bertz CT molecular complexity index is 761. The molecule has 0 spiro atoms. The molecule has 0 unspecified atom stereocenters. The maximum absolute atomic E-state index is 13.0. The number of rotatable bonds is 9. The Balaban J connectivity index is 1.59. The van der Waals surface area contributed by atoms with Gasteiger partial charge >= 0.3 is 0 Å². The molecule has 0 radical (unpaired) electrons. The number of imidazole rings is 1. The molecule has 1 aliphatic rings. The van der Waals surface area contributed by atoms with Crippen molar-refractivity contribution in [3.05, 3.63) is 30.1 Å². The number of benzene rings is 1. The molecule has 1 saturated heterocycles. The lowest BCUT2D eigenvalue weighted by molar-refractivity contribution is -0.137. The molecular formula is C23H36N4O. The van der Waals surface area contributed by atoms with Gasteiger partial charge in [-0.3, -0.25) is 9.69 Å². The highest BCUT2D eigenvalue weighted by Crippen LogP contribution is 2.23. The smallest absolute Gasteiger partial charge is 0.225 e. The number of fused-ring (bicyclic) bond motifs is 1. The number of aromatic nitrogens is 2. The fourth-order valence-corrected chi connectivity index (χ4v) is 4.35. The van der Waals surface area contributed by atoms with Gasteiger partial charge < -0.3 is 9.47 Å². The Morgan fingerprint density at radius 2 is 1.86 bits per heavy atom. The molecule has 0 atom stereocenters. The number of aryl methyl sites for hydroxylation is 1. The van der Waals surface area contributed by atoms with E-state index in [0.717, 1.165) is 82.7 Å². The van der Waals surface area contributed by atoms with E-state index in [2.05, 4.69) is 59.4 Å². The summed E-state index contributed by atoms with van der Waals surface area (Å²) in [4.78, 5) is 22.4. The highest BCUT2D eigenvalue weighted by molar-refractivity contribution is 5.79. The van der Waals surface area contributed by atoms with E-state index in [1.165, 1.54) is 5.52 Å².